The molecule has 0 saturated carbocycles. The van der Waals surface area contributed by atoms with E-state index in [1.165, 1.54) is 59.1 Å². The van der Waals surface area contributed by atoms with Crippen LogP contribution in [0.2, 0.25) is 0 Å². The van der Waals surface area contributed by atoms with Crippen molar-refractivity contribution in [2.24, 2.45) is 10.2 Å². The Morgan fingerprint density at radius 1 is 0.585 bits per heavy atom. The van der Waals surface area contributed by atoms with Crippen LogP contribution < -0.4 is 21.5 Å². The number of nitrogens with zero attached hydrogens (tertiary/aromatic N) is 4. The van der Waals surface area contributed by atoms with Gasteiger partial charge in [-0.25, -0.2) is 30.4 Å². The fourth-order valence-corrected chi connectivity index (χ4v) is 5.87. The summed E-state index contributed by atoms with van der Waals surface area (Å²) >= 11 is 2.62. The number of amides is 4. The number of thiazole rings is 2. The molecular formula is C36H32CuN8O6S2. The van der Waals surface area contributed by atoms with Crippen molar-refractivity contribution in [1.82, 2.24) is 20.8 Å². The van der Waals surface area contributed by atoms with Crippen molar-refractivity contribution < 1.29 is 47.1 Å². The number of rotatable bonds is 8. The van der Waals surface area contributed by atoms with Gasteiger partial charge in [-0.1, -0.05) is 60.7 Å². The Labute approximate surface area is 322 Å². The molecule has 6 rings (SSSR count). The molecule has 4 aromatic carbocycles. The number of carbonyl (C=O) groups is 2. The van der Waals surface area contributed by atoms with Gasteiger partial charge in [0.2, 0.25) is 0 Å². The second-order valence-corrected chi connectivity index (χ2v) is 12.5. The number of hydrogen-bond acceptors (Lipinski definition) is 12. The van der Waals surface area contributed by atoms with Gasteiger partial charge < -0.3 is 20.4 Å². The van der Waals surface area contributed by atoms with Gasteiger partial charge in [0.25, 0.3) is 0 Å². The number of phenols is 4. The molecule has 0 fully saturated rings. The Kier molecular flexibility index (Phi) is 14.0. The first-order valence-corrected chi connectivity index (χ1v) is 17.1. The van der Waals surface area contributed by atoms with E-state index in [0.29, 0.717) is 32.8 Å². The first-order valence-electron chi connectivity index (χ1n) is 15.3. The second kappa shape index (κ2) is 18.8. The van der Waals surface area contributed by atoms with Crippen LogP contribution in [0.5, 0.6) is 23.0 Å². The van der Waals surface area contributed by atoms with Crippen LogP contribution in [0.1, 0.15) is 25.0 Å². The average Bonchev–Trinajstić information content (AvgIpc) is 3.81. The largest absolute Gasteiger partial charge is 0.508 e. The van der Waals surface area contributed by atoms with E-state index in [1.807, 2.05) is 71.4 Å². The van der Waals surface area contributed by atoms with E-state index in [9.17, 15) is 30.0 Å². The molecule has 2 heterocycles. The summed E-state index contributed by atoms with van der Waals surface area (Å²) in [6.07, 6.45) is 0. The minimum atomic E-state index is -0.545. The van der Waals surface area contributed by atoms with Gasteiger partial charge >= 0.3 is 12.1 Å². The van der Waals surface area contributed by atoms with Crippen molar-refractivity contribution in [1.29, 1.82) is 0 Å². The molecule has 0 bridgehead atoms. The van der Waals surface area contributed by atoms with E-state index in [2.05, 4.69) is 41.7 Å². The number of aromatic hydroxyl groups is 4. The number of hydrogen-bond donors (Lipinski definition) is 8. The van der Waals surface area contributed by atoms with Crippen LogP contribution in [-0.2, 0) is 17.1 Å². The standard InChI is InChI=1S/2C18H16N4O3S.Cu/c2*1-11(14-8-7-13(23)9-16(14)24)21-22-17(25)20-18-19-15(10-26-18)12-5-3-2-4-6-12;/h2*2-10,23-24H,1H3,(H2,19,20,22,25);/b2*21-11-;. The fourth-order valence-electron chi connectivity index (χ4n) is 4.44. The maximum Gasteiger partial charge on any atom is 0.341 e. The molecule has 8 N–H and O–H groups in total. The first-order chi connectivity index (χ1) is 25.0. The number of aromatic nitrogens is 2. The molecule has 0 atom stereocenters. The zero-order valence-corrected chi connectivity index (χ0v) is 30.5. The summed E-state index contributed by atoms with van der Waals surface area (Å²) in [5.74, 6) is -0.354. The minimum absolute atomic E-state index is 0. The normalized spacial score (nSPS) is 11.0. The summed E-state index contributed by atoms with van der Waals surface area (Å²) in [5.41, 5.74) is 9.78. The Morgan fingerprint density at radius 3 is 1.32 bits per heavy atom. The minimum Gasteiger partial charge on any atom is -0.508 e. The van der Waals surface area contributed by atoms with Crippen molar-refractivity contribution in [3.8, 4) is 45.5 Å². The average molecular weight is 800 g/mol. The quantitative estimate of drug-likeness (QED) is 0.0437. The molecule has 275 valence electrons. The third-order valence-electron chi connectivity index (χ3n) is 6.98. The van der Waals surface area contributed by atoms with Crippen LogP contribution >= 0.6 is 22.7 Å². The molecule has 1 radical (unpaired) electrons. The molecule has 4 amide bonds. The van der Waals surface area contributed by atoms with Gasteiger partial charge in [0.05, 0.1) is 22.8 Å². The van der Waals surface area contributed by atoms with Crippen LogP contribution in [0, 0.1) is 0 Å². The number of benzene rings is 4. The summed E-state index contributed by atoms with van der Waals surface area (Å²) in [5, 5.41) is 55.9. The third-order valence-corrected chi connectivity index (χ3v) is 8.50. The maximum absolute atomic E-state index is 12.0. The predicted molar refractivity (Wildman–Crippen MR) is 203 cm³/mol. The van der Waals surface area contributed by atoms with Gasteiger partial charge in [0, 0.05) is 62.2 Å². The molecule has 0 aliphatic rings. The van der Waals surface area contributed by atoms with Gasteiger partial charge in [-0.05, 0) is 38.1 Å². The molecule has 0 aliphatic carbocycles. The van der Waals surface area contributed by atoms with Gasteiger partial charge in [0.1, 0.15) is 23.0 Å². The Bertz CT molecular complexity index is 2070. The molecule has 6 aromatic rings. The zero-order chi connectivity index (χ0) is 37.0. The second-order valence-electron chi connectivity index (χ2n) is 10.7. The first kappa shape index (κ1) is 39.5. The summed E-state index contributed by atoms with van der Waals surface area (Å²) in [7, 11) is 0. The summed E-state index contributed by atoms with van der Waals surface area (Å²) in [6.45, 7) is 3.26. The van der Waals surface area contributed by atoms with Crippen molar-refractivity contribution >= 4 is 56.4 Å². The van der Waals surface area contributed by atoms with Gasteiger partial charge in [-0.3, -0.25) is 10.6 Å². The Hall–Kier alpha value is -6.26. The number of nitrogens with one attached hydrogen (secondary N) is 4. The summed E-state index contributed by atoms with van der Waals surface area (Å²) in [4.78, 5) is 32.7. The van der Waals surface area contributed by atoms with Crippen molar-refractivity contribution in [3.63, 3.8) is 0 Å². The number of carbonyl (C=O) groups excluding carboxylic acids is 2. The molecule has 0 aliphatic heterocycles. The maximum atomic E-state index is 12.0. The van der Waals surface area contributed by atoms with E-state index >= 15 is 0 Å². The van der Waals surface area contributed by atoms with E-state index in [4.69, 9.17) is 0 Å². The van der Waals surface area contributed by atoms with Crippen molar-refractivity contribution in [2.45, 2.75) is 13.8 Å². The van der Waals surface area contributed by atoms with Crippen LogP contribution in [-0.4, -0.2) is 53.9 Å². The third kappa shape index (κ3) is 11.4. The molecule has 0 unspecified atom stereocenters. The van der Waals surface area contributed by atoms with Crippen LogP contribution in [0.4, 0.5) is 19.9 Å². The van der Waals surface area contributed by atoms with Gasteiger partial charge in [-0.15, -0.1) is 22.7 Å². The molecule has 0 spiro atoms. The fraction of sp³-hybridized carbons (Fsp3) is 0.0556. The smallest absolute Gasteiger partial charge is 0.341 e. The Morgan fingerprint density at radius 2 is 0.962 bits per heavy atom. The van der Waals surface area contributed by atoms with Crippen LogP contribution in [0.15, 0.2) is 118 Å². The number of hydrazone groups is 2. The molecule has 53 heavy (non-hydrogen) atoms. The molecule has 2 aromatic heterocycles. The number of urea groups is 2. The number of anilines is 2. The number of phenolic OH excluding ortho intramolecular Hbond substituents is 4. The van der Waals surface area contributed by atoms with Gasteiger partial charge in [-0.2, -0.15) is 10.2 Å². The molecule has 17 heteroatoms. The molecule has 14 nitrogen and oxygen atoms in total. The van der Waals surface area contributed by atoms with E-state index in [0.717, 1.165) is 22.5 Å². The summed E-state index contributed by atoms with van der Waals surface area (Å²) < 4.78 is 0. The van der Waals surface area contributed by atoms with Crippen LogP contribution in [0.25, 0.3) is 22.5 Å². The zero-order valence-electron chi connectivity index (χ0n) is 27.9. The Balaban J connectivity index is 0.000000232. The molecular weight excluding hydrogens is 768 g/mol. The predicted octanol–water partition coefficient (Wildman–Crippen LogP) is 7.53. The SMILES string of the molecule is C/C(=N/NC(=O)Nc1nc(-c2ccccc2)cs1)c1ccc(O)cc1O.C/C(=N/NC(=O)Nc1nc(-c2ccccc2)cs1)c1ccc(O)cc1O.[Cu]. The van der Waals surface area contributed by atoms with Gasteiger partial charge in [0.15, 0.2) is 10.3 Å². The monoisotopic (exact) mass is 799 g/mol. The molecule has 0 saturated heterocycles. The van der Waals surface area contributed by atoms with Crippen molar-refractivity contribution in [3.05, 3.63) is 119 Å². The van der Waals surface area contributed by atoms with Crippen LogP contribution in [0.3, 0.4) is 0 Å². The van der Waals surface area contributed by atoms with E-state index < -0.39 is 12.1 Å². The van der Waals surface area contributed by atoms with E-state index in [1.54, 1.807) is 13.8 Å². The summed E-state index contributed by atoms with van der Waals surface area (Å²) in [6, 6.07) is 26.5. The van der Waals surface area contributed by atoms with E-state index in [-0.39, 0.29) is 40.1 Å². The van der Waals surface area contributed by atoms with Crippen molar-refractivity contribution in [2.75, 3.05) is 10.6 Å². The topological polar surface area (TPSA) is 214 Å².